The van der Waals surface area contributed by atoms with Crippen LogP contribution in [0, 0.1) is 6.92 Å². The zero-order valence-corrected chi connectivity index (χ0v) is 16.6. The molecule has 0 spiro atoms. The van der Waals surface area contributed by atoms with Crippen molar-refractivity contribution in [1.82, 2.24) is 15.5 Å². The lowest BCUT2D eigenvalue weighted by atomic mass is 10.1. The van der Waals surface area contributed by atoms with E-state index >= 15 is 0 Å². The van der Waals surface area contributed by atoms with Gasteiger partial charge in [0.2, 0.25) is 10.0 Å². The highest BCUT2D eigenvalue weighted by Crippen LogP contribution is 2.21. The number of aromatic nitrogens is 2. The molecule has 4 N–H and O–H groups in total. The van der Waals surface area contributed by atoms with Gasteiger partial charge >= 0.3 is 0 Å². The van der Waals surface area contributed by atoms with Crippen LogP contribution in [-0.2, 0) is 10.0 Å². The predicted molar refractivity (Wildman–Crippen MR) is 109 cm³/mol. The maximum Gasteiger partial charge on any atom is 0.229 e. The molecule has 0 aliphatic heterocycles. The van der Waals surface area contributed by atoms with Gasteiger partial charge in [-0.25, -0.2) is 8.42 Å². The second-order valence-electron chi connectivity index (χ2n) is 6.60. The zero-order chi connectivity index (χ0) is 20.1. The van der Waals surface area contributed by atoms with Gasteiger partial charge in [-0.15, -0.1) is 0 Å². The van der Waals surface area contributed by atoms with Crippen LogP contribution in [0.1, 0.15) is 17.4 Å². The Morgan fingerprint density at radius 3 is 2.86 bits per heavy atom. The molecule has 0 aliphatic rings. The monoisotopic (exact) mass is 404 g/mol. The second-order valence-corrected chi connectivity index (χ2v) is 8.34. The third kappa shape index (κ3) is 5.44. The summed E-state index contributed by atoms with van der Waals surface area (Å²) >= 11 is 0. The second kappa shape index (κ2) is 8.59. The van der Waals surface area contributed by atoms with Gasteiger partial charge < -0.3 is 15.2 Å². The largest absolute Gasteiger partial charge is 0.492 e. The van der Waals surface area contributed by atoms with E-state index in [2.05, 4.69) is 20.2 Å². The number of nitrogens with one attached hydrogen (secondary N) is 3. The van der Waals surface area contributed by atoms with Crippen LogP contribution < -0.4 is 14.8 Å². The minimum atomic E-state index is -3.35. The Balaban J connectivity index is 1.45. The summed E-state index contributed by atoms with van der Waals surface area (Å²) in [7, 11) is -3.35. The van der Waals surface area contributed by atoms with Crippen LogP contribution in [0.3, 0.4) is 0 Å². The van der Waals surface area contributed by atoms with Crippen LogP contribution in [0.25, 0.3) is 10.9 Å². The molecule has 1 unspecified atom stereocenters. The average Bonchev–Trinajstić information content (AvgIpc) is 3.00. The number of aryl methyl sites for hydroxylation is 1. The average molecular weight is 404 g/mol. The van der Waals surface area contributed by atoms with Crippen LogP contribution >= 0.6 is 0 Å². The van der Waals surface area contributed by atoms with E-state index in [1.165, 1.54) is 0 Å². The number of rotatable bonds is 9. The summed E-state index contributed by atoms with van der Waals surface area (Å²) in [5.41, 5.74) is 2.93. The summed E-state index contributed by atoms with van der Waals surface area (Å²) in [5.74, 6) is 0.737. The molecule has 0 fully saturated rings. The van der Waals surface area contributed by atoms with Crippen molar-refractivity contribution < 1.29 is 18.3 Å². The zero-order valence-electron chi connectivity index (χ0n) is 15.8. The molecule has 9 heteroatoms. The fourth-order valence-corrected chi connectivity index (χ4v) is 3.39. The quantitative estimate of drug-likeness (QED) is 0.405. The smallest absolute Gasteiger partial charge is 0.229 e. The third-order valence-electron chi connectivity index (χ3n) is 4.18. The van der Waals surface area contributed by atoms with Crippen molar-refractivity contribution in [3.63, 3.8) is 0 Å². The van der Waals surface area contributed by atoms with Crippen molar-refractivity contribution in [2.24, 2.45) is 0 Å². The van der Waals surface area contributed by atoms with Crippen LogP contribution in [0.15, 0.2) is 42.5 Å². The van der Waals surface area contributed by atoms with E-state index in [4.69, 9.17) is 4.74 Å². The van der Waals surface area contributed by atoms with Gasteiger partial charge in [0.15, 0.2) is 0 Å². The Labute approximate surface area is 164 Å². The molecule has 0 bridgehead atoms. The fourth-order valence-electron chi connectivity index (χ4n) is 2.84. The number of fused-ring (bicyclic) bond motifs is 1. The molecule has 3 rings (SSSR count). The molecule has 2 aromatic carbocycles. The van der Waals surface area contributed by atoms with Crippen molar-refractivity contribution in [2.45, 2.75) is 13.0 Å². The first-order chi connectivity index (χ1) is 13.3. The van der Waals surface area contributed by atoms with E-state index in [0.717, 1.165) is 28.6 Å². The summed E-state index contributed by atoms with van der Waals surface area (Å²) in [5, 5.41) is 21.6. The first-order valence-corrected chi connectivity index (χ1v) is 10.7. The Morgan fingerprint density at radius 1 is 1.25 bits per heavy atom. The lowest BCUT2D eigenvalue weighted by Gasteiger charge is -2.14. The summed E-state index contributed by atoms with van der Waals surface area (Å²) < 4.78 is 30.7. The van der Waals surface area contributed by atoms with E-state index < -0.39 is 16.1 Å². The Morgan fingerprint density at radius 2 is 2.07 bits per heavy atom. The summed E-state index contributed by atoms with van der Waals surface area (Å²) in [6.07, 6.45) is 0.326. The lowest BCUT2D eigenvalue weighted by Crippen LogP contribution is -2.26. The minimum absolute atomic E-state index is 0.323. The van der Waals surface area contributed by atoms with E-state index in [1.54, 1.807) is 24.3 Å². The predicted octanol–water partition coefficient (Wildman–Crippen LogP) is 1.94. The number of hydrogen-bond donors (Lipinski definition) is 4. The molecule has 8 nitrogen and oxygen atoms in total. The SMILES string of the molecule is Cc1[nH]nc2cc(OCCNCC(O)c3cccc(NS(C)(=O)=O)c3)ccc12. The number of hydrogen-bond acceptors (Lipinski definition) is 6. The number of ether oxygens (including phenoxy) is 1. The van der Waals surface area contributed by atoms with Gasteiger partial charge in [0.25, 0.3) is 0 Å². The number of aliphatic hydroxyl groups is 1. The highest BCUT2D eigenvalue weighted by Gasteiger charge is 2.09. The molecule has 0 aliphatic carbocycles. The molecule has 28 heavy (non-hydrogen) atoms. The molecule has 1 atom stereocenters. The summed E-state index contributed by atoms with van der Waals surface area (Å²) in [4.78, 5) is 0. The molecule has 0 amide bonds. The summed E-state index contributed by atoms with van der Waals surface area (Å²) in [6, 6.07) is 12.5. The number of anilines is 1. The number of aromatic amines is 1. The fraction of sp³-hybridized carbons (Fsp3) is 0.316. The van der Waals surface area contributed by atoms with E-state index in [9.17, 15) is 13.5 Å². The number of sulfonamides is 1. The van der Waals surface area contributed by atoms with Crippen LogP contribution in [-0.4, -0.2) is 49.7 Å². The van der Waals surface area contributed by atoms with Gasteiger partial charge in [-0.2, -0.15) is 5.10 Å². The van der Waals surface area contributed by atoms with Crippen molar-refractivity contribution in [2.75, 3.05) is 30.7 Å². The maximum absolute atomic E-state index is 11.3. The number of benzene rings is 2. The Bertz CT molecular complexity index is 1050. The highest BCUT2D eigenvalue weighted by atomic mass is 32.2. The first-order valence-electron chi connectivity index (χ1n) is 8.86. The molecule has 0 saturated carbocycles. The Kier molecular flexibility index (Phi) is 6.18. The highest BCUT2D eigenvalue weighted by molar-refractivity contribution is 7.92. The molecule has 1 heterocycles. The molecular weight excluding hydrogens is 380 g/mol. The number of nitrogens with zero attached hydrogens (tertiary/aromatic N) is 1. The van der Waals surface area contributed by atoms with E-state index in [1.807, 2.05) is 25.1 Å². The lowest BCUT2D eigenvalue weighted by molar-refractivity contribution is 0.172. The molecule has 0 radical (unpaired) electrons. The van der Waals surface area contributed by atoms with Crippen molar-refractivity contribution in [3.05, 3.63) is 53.7 Å². The first kappa shape index (κ1) is 20.1. The number of aliphatic hydroxyl groups excluding tert-OH is 1. The standard InChI is InChI=1S/C19H24N4O4S/c1-13-17-7-6-16(11-18(17)22-21-13)27-9-8-20-12-19(24)14-4-3-5-15(10-14)23-28(2,25)26/h3-7,10-11,19-20,23-24H,8-9,12H2,1-2H3,(H,21,22). The van der Waals surface area contributed by atoms with Crippen LogP contribution in [0.5, 0.6) is 5.75 Å². The molecule has 3 aromatic rings. The van der Waals surface area contributed by atoms with Crippen molar-refractivity contribution in [1.29, 1.82) is 0 Å². The van der Waals surface area contributed by atoms with Gasteiger partial charge in [0.1, 0.15) is 12.4 Å². The van der Waals surface area contributed by atoms with E-state index in [0.29, 0.717) is 30.9 Å². The van der Waals surface area contributed by atoms with Crippen molar-refractivity contribution in [3.8, 4) is 5.75 Å². The van der Waals surface area contributed by atoms with Gasteiger partial charge in [0, 0.05) is 35.9 Å². The van der Waals surface area contributed by atoms with Crippen molar-refractivity contribution >= 4 is 26.6 Å². The summed E-state index contributed by atoms with van der Waals surface area (Å²) in [6.45, 7) is 3.29. The molecule has 150 valence electrons. The van der Waals surface area contributed by atoms with Gasteiger partial charge in [-0.1, -0.05) is 12.1 Å². The molecule has 1 aromatic heterocycles. The topological polar surface area (TPSA) is 116 Å². The maximum atomic E-state index is 11.3. The Hall–Kier alpha value is -2.62. The minimum Gasteiger partial charge on any atom is -0.492 e. The van der Waals surface area contributed by atoms with E-state index in [-0.39, 0.29) is 0 Å². The van der Waals surface area contributed by atoms with Gasteiger partial charge in [0.05, 0.1) is 17.9 Å². The number of H-pyrrole nitrogens is 1. The van der Waals surface area contributed by atoms with Gasteiger partial charge in [-0.3, -0.25) is 9.82 Å². The third-order valence-corrected chi connectivity index (χ3v) is 4.78. The van der Waals surface area contributed by atoms with Gasteiger partial charge in [-0.05, 0) is 36.8 Å². The molecule has 0 saturated heterocycles. The van der Waals surface area contributed by atoms with Crippen LogP contribution in [0.2, 0.25) is 0 Å². The van der Waals surface area contributed by atoms with Crippen LogP contribution in [0.4, 0.5) is 5.69 Å². The molecular formula is C19H24N4O4S. The normalized spacial score (nSPS) is 12.8.